The van der Waals surface area contributed by atoms with Crippen molar-refractivity contribution in [2.45, 2.75) is 26.7 Å². The predicted molar refractivity (Wildman–Crippen MR) is 93.3 cm³/mol. The molecule has 0 aliphatic carbocycles. The molecule has 5 nitrogen and oxygen atoms in total. The molecule has 2 aromatic rings. The van der Waals surface area contributed by atoms with Crippen molar-refractivity contribution in [1.82, 2.24) is 9.88 Å². The highest BCUT2D eigenvalue weighted by Gasteiger charge is 2.18. The number of carbonyl (C=O) groups excluding carboxylic acids is 2. The highest BCUT2D eigenvalue weighted by Crippen LogP contribution is 2.24. The van der Waals surface area contributed by atoms with Gasteiger partial charge in [0.2, 0.25) is 0 Å². The summed E-state index contributed by atoms with van der Waals surface area (Å²) in [6.45, 7) is 3.89. The minimum Gasteiger partial charge on any atom is -0.344 e. The first-order chi connectivity index (χ1) is 10.9. The number of aromatic nitrogens is 1. The summed E-state index contributed by atoms with van der Waals surface area (Å²) in [6.07, 6.45) is 2.08. The monoisotopic (exact) mass is 331 g/mol. The third kappa shape index (κ3) is 4.16. The van der Waals surface area contributed by atoms with E-state index < -0.39 is 0 Å². The molecule has 1 N–H and O–H groups in total. The van der Waals surface area contributed by atoms with Crippen molar-refractivity contribution < 1.29 is 9.59 Å². The number of nitrogens with zero attached hydrogens (tertiary/aromatic N) is 2. The summed E-state index contributed by atoms with van der Waals surface area (Å²) in [4.78, 5) is 30.6. The molecule has 1 aromatic heterocycles. The van der Waals surface area contributed by atoms with Crippen LogP contribution in [0.15, 0.2) is 24.3 Å². The highest BCUT2D eigenvalue weighted by atomic mass is 32.1. The van der Waals surface area contributed by atoms with Crippen molar-refractivity contribution in [3.63, 3.8) is 0 Å². The van der Waals surface area contributed by atoms with Gasteiger partial charge in [-0.15, -0.1) is 0 Å². The van der Waals surface area contributed by atoms with Crippen LogP contribution in [0.5, 0.6) is 0 Å². The van der Waals surface area contributed by atoms with Gasteiger partial charge in [-0.2, -0.15) is 0 Å². The Balaban J connectivity index is 2.11. The molecule has 2 rings (SSSR count). The molecule has 1 heterocycles. The maximum atomic E-state index is 12.3. The van der Waals surface area contributed by atoms with Gasteiger partial charge in [0.1, 0.15) is 4.88 Å². The van der Waals surface area contributed by atoms with Gasteiger partial charge in [0.15, 0.2) is 5.13 Å². The number of benzene rings is 1. The average molecular weight is 331 g/mol. The lowest BCUT2D eigenvalue weighted by Crippen LogP contribution is -2.21. The third-order valence-corrected chi connectivity index (χ3v) is 4.43. The topological polar surface area (TPSA) is 62.3 Å². The van der Waals surface area contributed by atoms with E-state index in [2.05, 4.69) is 17.2 Å². The lowest BCUT2D eigenvalue weighted by Gasteiger charge is -2.07. The normalized spacial score (nSPS) is 10.4. The predicted octanol–water partition coefficient (Wildman–Crippen LogP) is 3.36. The zero-order chi connectivity index (χ0) is 17.0. The summed E-state index contributed by atoms with van der Waals surface area (Å²) in [5.41, 5.74) is 2.42. The largest absolute Gasteiger partial charge is 0.344 e. The molecular weight excluding hydrogens is 310 g/mol. The summed E-state index contributed by atoms with van der Waals surface area (Å²) < 4.78 is 0. The molecule has 0 atom stereocenters. The van der Waals surface area contributed by atoms with Crippen molar-refractivity contribution in [3.05, 3.63) is 46.0 Å². The van der Waals surface area contributed by atoms with Crippen molar-refractivity contribution >= 4 is 28.3 Å². The van der Waals surface area contributed by atoms with Gasteiger partial charge in [0.25, 0.3) is 11.8 Å². The van der Waals surface area contributed by atoms with E-state index in [-0.39, 0.29) is 11.8 Å². The zero-order valence-corrected chi connectivity index (χ0v) is 14.7. The smallest absolute Gasteiger partial charge is 0.265 e. The minimum atomic E-state index is -0.217. The van der Waals surface area contributed by atoms with Crippen LogP contribution >= 0.6 is 11.3 Å². The van der Waals surface area contributed by atoms with Crippen LogP contribution < -0.4 is 5.32 Å². The van der Waals surface area contributed by atoms with Crippen molar-refractivity contribution in [2.75, 3.05) is 19.4 Å². The molecule has 0 aliphatic heterocycles. The van der Waals surface area contributed by atoms with E-state index in [9.17, 15) is 9.59 Å². The van der Waals surface area contributed by atoms with Gasteiger partial charge in [-0.25, -0.2) is 4.98 Å². The van der Waals surface area contributed by atoms with Crippen LogP contribution in [0.1, 0.15) is 44.6 Å². The Morgan fingerprint density at radius 2 is 1.87 bits per heavy atom. The number of hydrogen-bond donors (Lipinski definition) is 1. The Kier molecular flexibility index (Phi) is 5.50. The van der Waals surface area contributed by atoms with E-state index in [0.717, 1.165) is 12.8 Å². The fourth-order valence-corrected chi connectivity index (χ4v) is 3.12. The Labute approximate surface area is 140 Å². The van der Waals surface area contributed by atoms with Crippen LogP contribution in [0.3, 0.4) is 0 Å². The van der Waals surface area contributed by atoms with Crippen LogP contribution in [0.2, 0.25) is 0 Å². The van der Waals surface area contributed by atoms with E-state index in [1.807, 2.05) is 24.3 Å². The summed E-state index contributed by atoms with van der Waals surface area (Å²) in [7, 11) is 3.38. The lowest BCUT2D eigenvalue weighted by molar-refractivity contribution is 0.0831. The quantitative estimate of drug-likeness (QED) is 0.914. The average Bonchev–Trinajstić information content (AvgIpc) is 2.87. The molecule has 0 fully saturated rings. The molecule has 0 spiro atoms. The summed E-state index contributed by atoms with van der Waals surface area (Å²) >= 11 is 1.20. The Morgan fingerprint density at radius 3 is 2.43 bits per heavy atom. The number of hydrogen-bond acceptors (Lipinski definition) is 4. The molecule has 0 bridgehead atoms. The van der Waals surface area contributed by atoms with Crippen molar-refractivity contribution in [1.29, 1.82) is 0 Å². The molecule has 0 saturated carbocycles. The summed E-state index contributed by atoms with van der Waals surface area (Å²) in [5, 5.41) is 3.20. The molecule has 2 amide bonds. The number of rotatable bonds is 5. The van der Waals surface area contributed by atoms with E-state index in [0.29, 0.717) is 21.3 Å². The van der Waals surface area contributed by atoms with E-state index >= 15 is 0 Å². The van der Waals surface area contributed by atoms with Gasteiger partial charge in [-0.3, -0.25) is 14.9 Å². The second-order valence-electron chi connectivity index (χ2n) is 5.53. The van der Waals surface area contributed by atoms with Gasteiger partial charge in [-0.05, 0) is 31.0 Å². The van der Waals surface area contributed by atoms with Crippen LogP contribution in [-0.2, 0) is 6.42 Å². The minimum absolute atomic E-state index is 0.107. The van der Waals surface area contributed by atoms with Gasteiger partial charge in [0.05, 0.1) is 5.69 Å². The number of amides is 2. The molecule has 23 heavy (non-hydrogen) atoms. The van der Waals surface area contributed by atoms with Gasteiger partial charge < -0.3 is 4.90 Å². The second kappa shape index (κ2) is 7.37. The first kappa shape index (κ1) is 17.1. The van der Waals surface area contributed by atoms with Crippen molar-refractivity contribution in [2.24, 2.45) is 0 Å². The number of carbonyl (C=O) groups is 2. The first-order valence-electron chi connectivity index (χ1n) is 7.51. The molecule has 1 aromatic carbocycles. The highest BCUT2D eigenvalue weighted by molar-refractivity contribution is 7.17. The SMILES string of the molecule is CCCc1ccc(C(=O)Nc2nc(C)c(C(=O)N(C)C)s2)cc1. The number of anilines is 1. The fourth-order valence-electron chi connectivity index (χ4n) is 2.13. The van der Waals surface area contributed by atoms with Crippen LogP contribution in [0, 0.1) is 6.92 Å². The van der Waals surface area contributed by atoms with Crippen LogP contribution in [-0.4, -0.2) is 35.8 Å². The van der Waals surface area contributed by atoms with E-state index in [1.165, 1.54) is 21.8 Å². The zero-order valence-electron chi connectivity index (χ0n) is 13.8. The molecule has 122 valence electrons. The van der Waals surface area contributed by atoms with Crippen molar-refractivity contribution in [3.8, 4) is 0 Å². The van der Waals surface area contributed by atoms with Crippen LogP contribution in [0.25, 0.3) is 0 Å². The van der Waals surface area contributed by atoms with Crippen LogP contribution in [0.4, 0.5) is 5.13 Å². The molecule has 0 saturated heterocycles. The van der Waals surface area contributed by atoms with E-state index in [1.54, 1.807) is 21.0 Å². The maximum absolute atomic E-state index is 12.3. The fraction of sp³-hybridized carbons (Fsp3) is 0.353. The van der Waals surface area contributed by atoms with Gasteiger partial charge in [0, 0.05) is 19.7 Å². The first-order valence-corrected chi connectivity index (χ1v) is 8.33. The number of thiazole rings is 1. The standard InChI is InChI=1S/C17H21N3O2S/c1-5-6-12-7-9-13(10-8-12)15(21)19-17-18-11(2)14(23-17)16(22)20(3)4/h7-10H,5-6H2,1-4H3,(H,18,19,21). The Morgan fingerprint density at radius 1 is 1.22 bits per heavy atom. The summed E-state index contributed by atoms with van der Waals surface area (Å²) in [5.74, 6) is -0.324. The molecular formula is C17H21N3O2S. The maximum Gasteiger partial charge on any atom is 0.265 e. The lowest BCUT2D eigenvalue weighted by atomic mass is 10.1. The van der Waals surface area contributed by atoms with Gasteiger partial charge >= 0.3 is 0 Å². The summed E-state index contributed by atoms with van der Waals surface area (Å²) in [6, 6.07) is 7.55. The molecule has 6 heteroatoms. The third-order valence-electron chi connectivity index (χ3n) is 3.37. The Bertz CT molecular complexity index is 705. The molecule has 0 aliphatic rings. The second-order valence-corrected chi connectivity index (χ2v) is 6.53. The van der Waals surface area contributed by atoms with E-state index in [4.69, 9.17) is 0 Å². The number of aryl methyl sites for hydroxylation is 2. The Hall–Kier alpha value is -2.21. The molecule has 0 radical (unpaired) electrons. The molecule has 0 unspecified atom stereocenters. The number of nitrogens with one attached hydrogen (secondary N) is 1. The van der Waals surface area contributed by atoms with Gasteiger partial charge in [-0.1, -0.05) is 36.8 Å².